The van der Waals surface area contributed by atoms with Crippen LogP contribution in [0.3, 0.4) is 0 Å². The topological polar surface area (TPSA) is 72.9 Å². The number of likely N-dealkylation sites (tertiary alicyclic amines) is 1. The summed E-state index contributed by atoms with van der Waals surface area (Å²) in [4.78, 5) is 37.9. The van der Waals surface area contributed by atoms with Crippen LogP contribution < -0.4 is 0 Å². The highest BCUT2D eigenvalue weighted by Gasteiger charge is 2.66. The van der Waals surface area contributed by atoms with Crippen molar-refractivity contribution < 1.29 is 23.9 Å². The largest absolute Gasteiger partial charge is 0.464 e. The number of amides is 1. The maximum Gasteiger partial charge on any atom is 0.344 e. The van der Waals surface area contributed by atoms with E-state index >= 15 is 0 Å². The molecule has 2 aliphatic rings. The van der Waals surface area contributed by atoms with Crippen molar-refractivity contribution in [2.24, 2.45) is 0 Å². The summed E-state index contributed by atoms with van der Waals surface area (Å²) in [7, 11) is 0. The number of ether oxygens (including phenoxy) is 2. The van der Waals surface area contributed by atoms with E-state index in [-0.39, 0.29) is 31.6 Å². The number of rotatable bonds is 5. The molecule has 1 saturated heterocycles. The monoisotopic (exact) mass is 283 g/mol. The Morgan fingerprint density at radius 3 is 2.05 bits per heavy atom. The van der Waals surface area contributed by atoms with E-state index in [0.717, 1.165) is 25.7 Å². The summed E-state index contributed by atoms with van der Waals surface area (Å²) in [5.74, 6) is -1.49. The first-order valence-electron chi connectivity index (χ1n) is 7.24. The van der Waals surface area contributed by atoms with Gasteiger partial charge in [-0.2, -0.15) is 0 Å². The highest BCUT2D eigenvalue weighted by Crippen LogP contribution is 2.41. The van der Waals surface area contributed by atoms with E-state index in [0.29, 0.717) is 0 Å². The van der Waals surface area contributed by atoms with Gasteiger partial charge in [0.2, 0.25) is 11.4 Å². The molecule has 6 heteroatoms. The summed E-state index contributed by atoms with van der Waals surface area (Å²) in [6, 6.07) is -0.0509. The van der Waals surface area contributed by atoms with Crippen LogP contribution in [0.15, 0.2) is 0 Å². The normalized spacial score (nSPS) is 21.5. The fourth-order valence-corrected chi connectivity index (χ4v) is 3.11. The van der Waals surface area contributed by atoms with Gasteiger partial charge < -0.3 is 14.4 Å². The van der Waals surface area contributed by atoms with Crippen LogP contribution >= 0.6 is 0 Å². The first-order chi connectivity index (χ1) is 9.57. The molecule has 0 bridgehead atoms. The molecule has 20 heavy (non-hydrogen) atoms. The second-order valence-corrected chi connectivity index (χ2v) is 5.18. The van der Waals surface area contributed by atoms with Crippen molar-refractivity contribution in [1.29, 1.82) is 0 Å². The van der Waals surface area contributed by atoms with Crippen molar-refractivity contribution >= 4 is 17.8 Å². The molecule has 0 aromatic heterocycles. The zero-order valence-corrected chi connectivity index (χ0v) is 12.0. The molecule has 0 spiro atoms. The van der Waals surface area contributed by atoms with Crippen LogP contribution in [-0.4, -0.2) is 47.5 Å². The standard InChI is InChI=1S/C14H21NO5/c1-3-19-12(17)14(13(18)20-4-2)9-11(16)15(14)10-7-5-6-8-10/h10H,3-9H2,1-2H3. The Labute approximate surface area is 118 Å². The lowest BCUT2D eigenvalue weighted by Gasteiger charge is -2.50. The molecule has 112 valence electrons. The number of hydrogen-bond donors (Lipinski definition) is 0. The molecule has 0 N–H and O–H groups in total. The van der Waals surface area contributed by atoms with Gasteiger partial charge in [0.15, 0.2) is 0 Å². The predicted molar refractivity (Wildman–Crippen MR) is 69.7 cm³/mol. The summed E-state index contributed by atoms with van der Waals surface area (Å²) in [5, 5.41) is 0. The van der Waals surface area contributed by atoms with E-state index in [9.17, 15) is 14.4 Å². The van der Waals surface area contributed by atoms with Crippen LogP contribution in [0.25, 0.3) is 0 Å². The van der Waals surface area contributed by atoms with E-state index in [4.69, 9.17) is 9.47 Å². The lowest BCUT2D eigenvalue weighted by molar-refractivity contribution is -0.196. The molecule has 1 aliphatic carbocycles. The Hall–Kier alpha value is -1.59. The summed E-state index contributed by atoms with van der Waals surface area (Å²) < 4.78 is 10.0. The first kappa shape index (κ1) is 14.8. The summed E-state index contributed by atoms with van der Waals surface area (Å²) in [5.41, 5.74) is -1.54. The second-order valence-electron chi connectivity index (χ2n) is 5.18. The highest BCUT2D eigenvalue weighted by molar-refractivity contribution is 6.15. The first-order valence-corrected chi connectivity index (χ1v) is 7.24. The van der Waals surface area contributed by atoms with Crippen molar-refractivity contribution in [3.8, 4) is 0 Å². The molecule has 2 fully saturated rings. The molecular formula is C14H21NO5. The smallest absolute Gasteiger partial charge is 0.344 e. The summed E-state index contributed by atoms with van der Waals surface area (Å²) >= 11 is 0. The Balaban J connectivity index is 2.28. The quantitative estimate of drug-likeness (QED) is 0.428. The minimum Gasteiger partial charge on any atom is -0.464 e. The van der Waals surface area contributed by atoms with Gasteiger partial charge in [0.1, 0.15) is 0 Å². The average Bonchev–Trinajstić information content (AvgIpc) is 2.89. The molecule has 1 amide bonds. The van der Waals surface area contributed by atoms with E-state index in [1.807, 2.05) is 0 Å². The number of carbonyl (C=O) groups is 3. The van der Waals surface area contributed by atoms with Gasteiger partial charge in [-0.3, -0.25) is 4.79 Å². The van der Waals surface area contributed by atoms with Crippen LogP contribution in [0.4, 0.5) is 0 Å². The van der Waals surface area contributed by atoms with E-state index in [1.54, 1.807) is 13.8 Å². The van der Waals surface area contributed by atoms with Gasteiger partial charge in [-0.15, -0.1) is 0 Å². The average molecular weight is 283 g/mol. The predicted octanol–water partition coefficient (Wildman–Crippen LogP) is 1.03. The van der Waals surface area contributed by atoms with Gasteiger partial charge in [-0.25, -0.2) is 9.59 Å². The van der Waals surface area contributed by atoms with Crippen molar-refractivity contribution in [2.75, 3.05) is 13.2 Å². The van der Waals surface area contributed by atoms with Gasteiger partial charge in [-0.05, 0) is 26.7 Å². The van der Waals surface area contributed by atoms with Gasteiger partial charge >= 0.3 is 11.9 Å². The SMILES string of the molecule is CCOC(=O)C1(C(=O)OCC)CC(=O)N1C1CCCC1. The van der Waals surface area contributed by atoms with Crippen molar-refractivity contribution in [3.05, 3.63) is 0 Å². The molecule has 0 radical (unpaired) electrons. The zero-order valence-electron chi connectivity index (χ0n) is 12.0. The highest BCUT2D eigenvalue weighted by atomic mass is 16.6. The van der Waals surface area contributed by atoms with E-state index in [1.165, 1.54) is 4.90 Å². The number of hydrogen-bond acceptors (Lipinski definition) is 5. The third-order valence-corrected chi connectivity index (χ3v) is 4.00. The summed E-state index contributed by atoms with van der Waals surface area (Å²) in [6.45, 7) is 3.70. The Morgan fingerprint density at radius 1 is 1.15 bits per heavy atom. The van der Waals surface area contributed by atoms with Crippen LogP contribution in [-0.2, 0) is 23.9 Å². The fourth-order valence-electron chi connectivity index (χ4n) is 3.11. The lowest BCUT2D eigenvalue weighted by atomic mass is 9.81. The Kier molecular flexibility index (Phi) is 4.30. The fraction of sp³-hybridized carbons (Fsp3) is 0.786. The summed E-state index contributed by atoms with van der Waals surface area (Å²) in [6.07, 6.45) is 3.53. The molecule has 2 rings (SSSR count). The molecule has 1 saturated carbocycles. The van der Waals surface area contributed by atoms with Gasteiger partial charge in [0.05, 0.1) is 19.6 Å². The third-order valence-electron chi connectivity index (χ3n) is 4.00. The number of nitrogens with zero attached hydrogens (tertiary/aromatic N) is 1. The molecular weight excluding hydrogens is 262 g/mol. The lowest BCUT2D eigenvalue weighted by Crippen LogP contribution is -2.74. The number of carbonyl (C=O) groups excluding carboxylic acids is 3. The molecule has 1 aliphatic heterocycles. The second kappa shape index (κ2) is 5.81. The Morgan fingerprint density at radius 2 is 1.65 bits per heavy atom. The molecule has 0 aromatic rings. The van der Waals surface area contributed by atoms with E-state index < -0.39 is 17.5 Å². The van der Waals surface area contributed by atoms with Crippen LogP contribution in [0.1, 0.15) is 46.0 Å². The van der Waals surface area contributed by atoms with Crippen molar-refractivity contribution in [2.45, 2.75) is 57.5 Å². The molecule has 0 atom stereocenters. The maximum absolute atomic E-state index is 12.3. The maximum atomic E-state index is 12.3. The Bertz CT molecular complexity index is 396. The van der Waals surface area contributed by atoms with Crippen LogP contribution in [0.5, 0.6) is 0 Å². The zero-order chi connectivity index (χ0) is 14.8. The minimum absolute atomic E-state index is 0.0509. The minimum atomic E-state index is -1.54. The number of β-lactam (4-membered cyclic amide) rings is 1. The van der Waals surface area contributed by atoms with Crippen LogP contribution in [0, 0.1) is 0 Å². The van der Waals surface area contributed by atoms with Crippen molar-refractivity contribution in [1.82, 2.24) is 4.90 Å². The molecule has 0 unspecified atom stereocenters. The molecule has 0 aromatic carbocycles. The van der Waals surface area contributed by atoms with Gasteiger partial charge in [-0.1, -0.05) is 12.8 Å². The van der Waals surface area contributed by atoms with Crippen LogP contribution in [0.2, 0.25) is 0 Å². The molecule has 6 nitrogen and oxygen atoms in total. The van der Waals surface area contributed by atoms with E-state index in [2.05, 4.69) is 0 Å². The molecule has 1 heterocycles. The van der Waals surface area contributed by atoms with Crippen molar-refractivity contribution in [3.63, 3.8) is 0 Å². The van der Waals surface area contributed by atoms with Gasteiger partial charge in [0.25, 0.3) is 0 Å². The van der Waals surface area contributed by atoms with Gasteiger partial charge in [0, 0.05) is 6.04 Å². The third kappa shape index (κ3) is 2.17. The number of esters is 2.